The molecule has 0 aliphatic rings. The topological polar surface area (TPSA) is 95.2 Å². The minimum atomic E-state index is 0. The number of rotatable bonds is 4. The molecule has 0 unspecified atom stereocenters. The van der Waals surface area contributed by atoms with Crippen molar-refractivity contribution in [3.05, 3.63) is 19.6 Å². The molecule has 0 heterocycles. The summed E-state index contributed by atoms with van der Waals surface area (Å²) in [5.41, 5.74) is 0. The van der Waals surface area contributed by atoms with Gasteiger partial charge in [-0.3, -0.25) is 0 Å². The van der Waals surface area contributed by atoms with Gasteiger partial charge in [-0.15, -0.1) is 25.3 Å². The van der Waals surface area contributed by atoms with Crippen molar-refractivity contribution in [2.45, 2.75) is 27.7 Å². The van der Waals surface area contributed by atoms with Crippen LogP contribution < -0.4 is 10.5 Å². The Labute approximate surface area is 190 Å². The summed E-state index contributed by atoms with van der Waals surface area (Å²) in [5, 5.41) is 29.2. The second-order valence-electron chi connectivity index (χ2n) is 4.53. The van der Waals surface area contributed by atoms with Crippen molar-refractivity contribution in [3.63, 3.8) is 0 Å². The van der Waals surface area contributed by atoms with E-state index in [1.54, 1.807) is 12.1 Å². The number of nitrogens with one attached hydrogen (secondary N) is 2. The maximum atomic E-state index is 8.05. The van der Waals surface area contributed by atoms with Crippen LogP contribution in [0, 0.1) is 34.8 Å². The maximum absolute atomic E-state index is 8.05. The molecule has 26 heavy (non-hydrogen) atoms. The van der Waals surface area contributed by atoms with E-state index in [0.29, 0.717) is 9.81 Å². The third-order valence-corrected chi connectivity index (χ3v) is 5.44. The SMILES string of the molecule is CC[N+](CC)(CC)CC.N#C/C(S)=C(/S)C#N.[Cu+2].[NH+]#C/C([SH2+])=C(/[SH2+])C#[NH+]. The van der Waals surface area contributed by atoms with E-state index in [4.69, 9.17) is 21.0 Å². The second kappa shape index (κ2) is 20.6. The molecule has 0 saturated heterocycles. The molecular weight excluding hydrogens is 454 g/mol. The Morgan fingerprint density at radius 1 is 0.808 bits per heavy atom. The first kappa shape index (κ1) is 32.9. The van der Waals surface area contributed by atoms with Crippen molar-refractivity contribution in [2.24, 2.45) is 0 Å². The van der Waals surface area contributed by atoms with E-state index in [-0.39, 0.29) is 26.9 Å². The molecule has 0 spiro atoms. The molecule has 0 aromatic rings. The van der Waals surface area contributed by atoms with Gasteiger partial charge in [-0.25, -0.2) is 0 Å². The van der Waals surface area contributed by atoms with Crippen LogP contribution in [0.3, 0.4) is 0 Å². The van der Waals surface area contributed by atoms with Crippen LogP contribution in [0.2, 0.25) is 0 Å². The molecule has 0 atom stereocenters. The van der Waals surface area contributed by atoms with Crippen molar-refractivity contribution in [1.29, 1.82) is 10.5 Å². The van der Waals surface area contributed by atoms with Gasteiger partial charge in [0.2, 0.25) is 0 Å². The van der Waals surface area contributed by atoms with E-state index in [0.717, 1.165) is 0 Å². The summed E-state index contributed by atoms with van der Waals surface area (Å²) < 4.78 is 1.28. The van der Waals surface area contributed by atoms with Crippen LogP contribution in [0.4, 0.5) is 0 Å². The molecule has 2 N–H and O–H groups in total. The molecule has 0 rings (SSSR count). The van der Waals surface area contributed by atoms with Crippen LogP contribution >= 0.6 is 25.3 Å². The van der Waals surface area contributed by atoms with Crippen LogP contribution in [0.5, 0.6) is 0 Å². The molecule has 5 nitrogen and oxygen atoms in total. The molecule has 0 aliphatic heterocycles. The molecule has 145 valence electrons. The first-order valence-electron chi connectivity index (χ1n) is 7.49. The third kappa shape index (κ3) is 15.6. The van der Waals surface area contributed by atoms with Gasteiger partial charge in [0.05, 0.1) is 26.2 Å². The second-order valence-corrected chi connectivity index (χ2v) is 6.42. The summed E-state index contributed by atoms with van der Waals surface area (Å²) in [6.07, 6.45) is 0. The van der Waals surface area contributed by atoms with Crippen LogP contribution in [0.1, 0.15) is 27.7 Å². The molecule has 0 aromatic heterocycles. The van der Waals surface area contributed by atoms with Crippen LogP contribution in [0.15, 0.2) is 19.6 Å². The number of thiol groups is 2. The van der Waals surface area contributed by atoms with Gasteiger partial charge >= 0.3 is 39.0 Å². The Morgan fingerprint density at radius 2 is 1.04 bits per heavy atom. The van der Waals surface area contributed by atoms with E-state index in [9.17, 15) is 0 Å². The van der Waals surface area contributed by atoms with Gasteiger partial charge in [-0.2, -0.15) is 10.5 Å². The van der Waals surface area contributed by atoms with Crippen LogP contribution in [0.25, 0.3) is 0 Å². The largest absolute Gasteiger partial charge is 2.00 e. The summed E-state index contributed by atoms with van der Waals surface area (Å²) in [6, 6.07) is 7.38. The fourth-order valence-electron chi connectivity index (χ4n) is 1.57. The molecule has 0 saturated carbocycles. The number of allylic oxidation sites excluding steroid dienone is 4. The number of quaternary nitrogens is 1. The standard InChI is InChI=1S/C8H20N.2C4H2N2S2.Cu/c1-5-9(6-2,7-3)8-4;2*5-1-3(7)4(8)2-6;/h5-8H2,1-4H3;2*7-8H;/q+1;;;+2/p+4/b;2*4-3-;. The van der Waals surface area contributed by atoms with Crippen molar-refractivity contribution < 1.29 is 32.1 Å². The van der Waals surface area contributed by atoms with E-state index in [2.05, 4.69) is 78.2 Å². The monoisotopic (exact) mass is 481 g/mol. The minimum absolute atomic E-state index is 0. The molecule has 0 aromatic carbocycles. The molecule has 10 heteroatoms. The molecule has 0 fully saturated rings. The average Bonchev–Trinajstić information content (AvgIpc) is 2.68. The van der Waals surface area contributed by atoms with E-state index >= 15 is 0 Å². The summed E-state index contributed by atoms with van der Waals surface area (Å²) >= 11 is 13.2. The zero-order valence-corrected chi connectivity index (χ0v) is 20.1. The third-order valence-electron chi connectivity index (χ3n) is 3.62. The molecule has 1 radical (unpaired) electrons. The van der Waals surface area contributed by atoms with Gasteiger partial charge in [-0.1, -0.05) is 10.5 Å². The molecule has 0 bridgehead atoms. The fraction of sp³-hybridized carbons (Fsp3) is 0.500. The van der Waals surface area contributed by atoms with Crippen LogP contribution in [-0.4, -0.2) is 30.7 Å². The van der Waals surface area contributed by atoms with Crippen molar-refractivity contribution in [3.8, 4) is 24.3 Å². The van der Waals surface area contributed by atoms with Gasteiger partial charge in [0.15, 0.2) is 0 Å². The Kier molecular flexibility index (Phi) is 26.1. The van der Waals surface area contributed by atoms with Gasteiger partial charge < -0.3 is 4.48 Å². The summed E-state index contributed by atoms with van der Waals surface area (Å²) in [6.45, 7) is 14.2. The van der Waals surface area contributed by atoms with Crippen molar-refractivity contribution in [2.75, 3.05) is 26.2 Å². The van der Waals surface area contributed by atoms with Gasteiger partial charge in [0.1, 0.15) is 21.9 Å². The van der Waals surface area contributed by atoms with Gasteiger partial charge in [-0.05, 0) is 27.7 Å². The van der Waals surface area contributed by atoms with E-state index < -0.39 is 0 Å². The Morgan fingerprint density at radius 3 is 1.12 bits per heavy atom. The molecule has 0 aliphatic carbocycles. The van der Waals surface area contributed by atoms with Crippen molar-refractivity contribution in [1.82, 2.24) is 0 Å². The maximum Gasteiger partial charge on any atom is 2.00 e. The minimum Gasteiger partial charge on any atom is -0.325 e. The number of nitriles is 2. The normalized spacial score (nSPS) is 10.9. The van der Waals surface area contributed by atoms with Crippen LogP contribution in [-0.2, 0) is 42.3 Å². The predicted molar refractivity (Wildman–Crippen MR) is 116 cm³/mol. The Hall–Kier alpha value is -0.681. The quantitative estimate of drug-likeness (QED) is 0.133. The zero-order valence-electron chi connectivity index (χ0n) is 15.4. The van der Waals surface area contributed by atoms with E-state index in [1.807, 2.05) is 12.1 Å². The Bertz CT molecular complexity index is 521. The number of hydrogen-bond donors (Lipinski definition) is 4. The average molecular weight is 482 g/mol. The summed E-state index contributed by atoms with van der Waals surface area (Å²) in [7, 11) is 0. The van der Waals surface area contributed by atoms with Gasteiger partial charge in [0, 0.05) is 25.3 Å². The number of nitrogens with zero attached hydrogens (tertiary/aromatic N) is 3. The first-order chi connectivity index (χ1) is 11.7. The zero-order chi connectivity index (χ0) is 20.5. The smallest absolute Gasteiger partial charge is 0.325 e. The predicted octanol–water partition coefficient (Wildman–Crippen LogP) is -1.25. The molecular formula is C16H28CuN5S4+7. The summed E-state index contributed by atoms with van der Waals surface area (Å²) in [4.78, 5) is 0.875. The first-order valence-corrected chi connectivity index (χ1v) is 9.38. The van der Waals surface area contributed by atoms with Crippen molar-refractivity contribution >= 4 is 50.5 Å². The fourth-order valence-corrected chi connectivity index (χ4v) is 1.80. The number of hydrogen-bond acceptors (Lipinski definition) is 4. The van der Waals surface area contributed by atoms with Gasteiger partial charge in [0.25, 0.3) is 0 Å². The molecule has 0 amide bonds. The summed E-state index contributed by atoms with van der Waals surface area (Å²) in [5.74, 6) is 0. The van der Waals surface area contributed by atoms with E-state index in [1.165, 1.54) is 30.7 Å². The Balaban J connectivity index is -0.000000137.